The number of hydrogen-bond acceptors (Lipinski definition) is 3. The second kappa shape index (κ2) is 7.71. The maximum absolute atomic E-state index is 12.1. The maximum atomic E-state index is 12.1. The molecule has 6 nitrogen and oxygen atoms in total. The van der Waals surface area contributed by atoms with Crippen LogP contribution in [0.15, 0.2) is 42.5 Å². The quantitative estimate of drug-likeness (QED) is 0.739. The first-order valence-electron chi connectivity index (χ1n) is 6.46. The van der Waals surface area contributed by atoms with E-state index in [-0.39, 0.29) is 5.56 Å². The molecular formula is C15H13Cl2N3O3. The van der Waals surface area contributed by atoms with Crippen molar-refractivity contribution in [1.29, 1.82) is 0 Å². The van der Waals surface area contributed by atoms with Gasteiger partial charge in [0.1, 0.15) is 5.75 Å². The molecule has 0 atom stereocenters. The van der Waals surface area contributed by atoms with Crippen LogP contribution < -0.4 is 20.9 Å². The molecule has 8 heteroatoms. The highest BCUT2D eigenvalue weighted by atomic mass is 35.5. The SMILES string of the molecule is COc1ccc(Cl)cc1C(=O)NNC(=O)Nc1cccc(Cl)c1. The molecule has 0 aromatic heterocycles. The Labute approximate surface area is 142 Å². The monoisotopic (exact) mass is 353 g/mol. The second-order valence-corrected chi connectivity index (χ2v) is 5.26. The Morgan fingerprint density at radius 3 is 2.43 bits per heavy atom. The lowest BCUT2D eigenvalue weighted by molar-refractivity contribution is 0.0935. The molecule has 3 N–H and O–H groups in total. The van der Waals surface area contributed by atoms with Gasteiger partial charge in [-0.1, -0.05) is 29.3 Å². The van der Waals surface area contributed by atoms with Crippen LogP contribution in [0.5, 0.6) is 5.75 Å². The molecule has 120 valence electrons. The fraction of sp³-hybridized carbons (Fsp3) is 0.0667. The zero-order chi connectivity index (χ0) is 16.8. The lowest BCUT2D eigenvalue weighted by Crippen LogP contribution is -2.44. The number of ether oxygens (including phenoxy) is 1. The van der Waals surface area contributed by atoms with Gasteiger partial charge in [-0.25, -0.2) is 10.2 Å². The van der Waals surface area contributed by atoms with E-state index in [1.54, 1.807) is 36.4 Å². The number of nitrogens with one attached hydrogen (secondary N) is 3. The first-order valence-corrected chi connectivity index (χ1v) is 7.21. The summed E-state index contributed by atoms with van der Waals surface area (Å²) in [7, 11) is 1.43. The third kappa shape index (κ3) is 4.77. The normalized spacial score (nSPS) is 9.87. The van der Waals surface area contributed by atoms with Crippen LogP contribution in [0.2, 0.25) is 10.0 Å². The van der Waals surface area contributed by atoms with Gasteiger partial charge in [0.15, 0.2) is 0 Å². The first kappa shape index (κ1) is 16.9. The molecule has 0 saturated carbocycles. The van der Waals surface area contributed by atoms with Crippen LogP contribution in [0.4, 0.5) is 10.5 Å². The number of carbonyl (C=O) groups excluding carboxylic acids is 2. The smallest absolute Gasteiger partial charge is 0.337 e. The van der Waals surface area contributed by atoms with E-state index in [4.69, 9.17) is 27.9 Å². The number of hydrazine groups is 1. The minimum absolute atomic E-state index is 0.197. The van der Waals surface area contributed by atoms with Gasteiger partial charge < -0.3 is 10.1 Å². The predicted molar refractivity (Wildman–Crippen MR) is 89.1 cm³/mol. The summed E-state index contributed by atoms with van der Waals surface area (Å²) in [6.07, 6.45) is 0. The van der Waals surface area contributed by atoms with E-state index < -0.39 is 11.9 Å². The van der Waals surface area contributed by atoms with E-state index in [2.05, 4.69) is 16.2 Å². The summed E-state index contributed by atoms with van der Waals surface area (Å²) in [4.78, 5) is 23.8. The van der Waals surface area contributed by atoms with Gasteiger partial charge in [0.25, 0.3) is 5.91 Å². The Bertz CT molecular complexity index is 738. The van der Waals surface area contributed by atoms with Crippen molar-refractivity contribution in [1.82, 2.24) is 10.9 Å². The summed E-state index contributed by atoms with van der Waals surface area (Å²) in [5.41, 5.74) is 5.18. The van der Waals surface area contributed by atoms with Crippen LogP contribution in [0.1, 0.15) is 10.4 Å². The Hall–Kier alpha value is -2.44. The standard InChI is InChI=1S/C15H13Cl2N3O3/c1-23-13-6-5-10(17)8-12(13)14(21)19-20-15(22)18-11-4-2-3-9(16)7-11/h2-8H,1H3,(H,19,21)(H2,18,20,22). The van der Waals surface area contributed by atoms with Gasteiger partial charge in [-0.15, -0.1) is 0 Å². The summed E-state index contributed by atoms with van der Waals surface area (Å²) < 4.78 is 5.07. The van der Waals surface area contributed by atoms with E-state index >= 15 is 0 Å². The molecule has 0 saturated heterocycles. The molecular weight excluding hydrogens is 341 g/mol. The lowest BCUT2D eigenvalue weighted by Gasteiger charge is -2.11. The number of amides is 3. The number of hydrogen-bond donors (Lipinski definition) is 3. The average molecular weight is 354 g/mol. The summed E-state index contributed by atoms with van der Waals surface area (Å²) in [6, 6.07) is 10.6. The number of rotatable bonds is 3. The van der Waals surface area contributed by atoms with Crippen LogP contribution in [0, 0.1) is 0 Å². The zero-order valence-electron chi connectivity index (χ0n) is 12.0. The summed E-state index contributed by atoms with van der Waals surface area (Å²) >= 11 is 11.7. The fourth-order valence-electron chi connectivity index (χ4n) is 1.77. The Kier molecular flexibility index (Phi) is 5.67. The summed E-state index contributed by atoms with van der Waals surface area (Å²) in [5, 5.41) is 3.38. The molecule has 23 heavy (non-hydrogen) atoms. The van der Waals surface area contributed by atoms with Crippen molar-refractivity contribution in [2.24, 2.45) is 0 Å². The highest BCUT2D eigenvalue weighted by Gasteiger charge is 2.13. The highest BCUT2D eigenvalue weighted by Crippen LogP contribution is 2.22. The Balaban J connectivity index is 1.96. The summed E-state index contributed by atoms with van der Waals surface area (Å²) in [6.45, 7) is 0. The molecule has 0 spiro atoms. The number of halogens is 2. The van der Waals surface area contributed by atoms with E-state index in [0.717, 1.165) is 0 Å². The molecule has 2 aromatic carbocycles. The van der Waals surface area contributed by atoms with Gasteiger partial charge in [0.05, 0.1) is 12.7 Å². The van der Waals surface area contributed by atoms with Crippen LogP contribution in [-0.2, 0) is 0 Å². The average Bonchev–Trinajstić information content (AvgIpc) is 2.52. The van der Waals surface area contributed by atoms with Gasteiger partial charge in [0.2, 0.25) is 0 Å². The minimum atomic E-state index is -0.624. The fourth-order valence-corrected chi connectivity index (χ4v) is 2.13. The number of carbonyl (C=O) groups is 2. The molecule has 0 aliphatic rings. The molecule has 0 radical (unpaired) electrons. The van der Waals surface area contributed by atoms with E-state index in [1.807, 2.05) is 0 Å². The molecule has 0 bridgehead atoms. The van der Waals surface area contributed by atoms with Gasteiger partial charge in [-0.3, -0.25) is 10.2 Å². The van der Waals surface area contributed by atoms with E-state index in [0.29, 0.717) is 21.5 Å². The highest BCUT2D eigenvalue weighted by molar-refractivity contribution is 6.31. The van der Waals surface area contributed by atoms with Crippen molar-refractivity contribution in [2.45, 2.75) is 0 Å². The van der Waals surface area contributed by atoms with Crippen molar-refractivity contribution in [3.8, 4) is 5.75 Å². The molecule has 3 amide bonds. The van der Waals surface area contributed by atoms with Crippen LogP contribution in [0.3, 0.4) is 0 Å². The molecule has 0 aliphatic heterocycles. The molecule has 2 rings (SSSR count). The topological polar surface area (TPSA) is 79.5 Å². The number of methoxy groups -OCH3 is 1. The van der Waals surface area contributed by atoms with Gasteiger partial charge in [-0.05, 0) is 36.4 Å². The lowest BCUT2D eigenvalue weighted by atomic mass is 10.2. The van der Waals surface area contributed by atoms with Gasteiger partial charge in [0, 0.05) is 15.7 Å². The first-order chi connectivity index (χ1) is 11.0. The molecule has 2 aromatic rings. The van der Waals surface area contributed by atoms with Crippen LogP contribution >= 0.6 is 23.2 Å². The number of urea groups is 1. The van der Waals surface area contributed by atoms with E-state index in [9.17, 15) is 9.59 Å². The molecule has 0 heterocycles. The maximum Gasteiger partial charge on any atom is 0.337 e. The number of anilines is 1. The zero-order valence-corrected chi connectivity index (χ0v) is 13.5. The van der Waals surface area contributed by atoms with Crippen LogP contribution in [0.25, 0.3) is 0 Å². The van der Waals surface area contributed by atoms with Crippen molar-refractivity contribution in [3.05, 3.63) is 58.1 Å². The second-order valence-electron chi connectivity index (χ2n) is 4.39. The van der Waals surface area contributed by atoms with Crippen molar-refractivity contribution in [3.63, 3.8) is 0 Å². The largest absolute Gasteiger partial charge is 0.496 e. The number of benzene rings is 2. The minimum Gasteiger partial charge on any atom is -0.496 e. The van der Waals surface area contributed by atoms with Gasteiger partial charge >= 0.3 is 6.03 Å². The molecule has 0 aliphatic carbocycles. The Morgan fingerprint density at radius 1 is 1.00 bits per heavy atom. The van der Waals surface area contributed by atoms with Crippen molar-refractivity contribution < 1.29 is 14.3 Å². The summed E-state index contributed by atoms with van der Waals surface area (Å²) in [5.74, 6) is -0.227. The molecule has 0 fully saturated rings. The van der Waals surface area contributed by atoms with Gasteiger partial charge in [-0.2, -0.15) is 0 Å². The van der Waals surface area contributed by atoms with E-state index in [1.165, 1.54) is 13.2 Å². The van der Waals surface area contributed by atoms with Crippen LogP contribution in [-0.4, -0.2) is 19.0 Å². The molecule has 0 unspecified atom stereocenters. The van der Waals surface area contributed by atoms with Crippen molar-refractivity contribution in [2.75, 3.05) is 12.4 Å². The Morgan fingerprint density at radius 2 is 1.74 bits per heavy atom. The predicted octanol–water partition coefficient (Wildman–Crippen LogP) is 3.47. The third-order valence-corrected chi connectivity index (χ3v) is 3.25. The third-order valence-electron chi connectivity index (χ3n) is 2.78. The van der Waals surface area contributed by atoms with Crippen molar-refractivity contribution >= 4 is 40.8 Å².